The van der Waals surface area contributed by atoms with Crippen LogP contribution in [0.4, 0.5) is 0 Å². The predicted octanol–water partition coefficient (Wildman–Crippen LogP) is 5.80. The molecule has 1 fully saturated rings. The van der Waals surface area contributed by atoms with Crippen molar-refractivity contribution in [2.24, 2.45) is 0 Å². The van der Waals surface area contributed by atoms with E-state index >= 15 is 0 Å². The van der Waals surface area contributed by atoms with Gasteiger partial charge >= 0.3 is 0 Å². The maximum atomic E-state index is 13.6. The molecule has 160 valence electrons. The van der Waals surface area contributed by atoms with Crippen LogP contribution >= 0.6 is 0 Å². The standard InChI is InChI=1S/C28H32N2O/c1-29(2)26(20-18-22-12-7-5-8-13-22)24-16-11-17-25(28(24)31)27(30(3)4)21-19-23-14-9-6-10-15-23/h5-10,12-15,18-21H,11,16-17H2,1-4H3. The minimum atomic E-state index is 0.161. The van der Waals surface area contributed by atoms with E-state index in [2.05, 4.69) is 48.6 Å². The van der Waals surface area contributed by atoms with Gasteiger partial charge in [0.2, 0.25) is 0 Å². The average Bonchev–Trinajstić information content (AvgIpc) is 2.77. The molecule has 0 N–H and O–H groups in total. The molecule has 0 amide bonds. The van der Waals surface area contributed by atoms with Crippen LogP contribution in [0.5, 0.6) is 0 Å². The van der Waals surface area contributed by atoms with Gasteiger partial charge in [-0.05, 0) is 42.5 Å². The summed E-state index contributed by atoms with van der Waals surface area (Å²) in [4.78, 5) is 17.7. The van der Waals surface area contributed by atoms with Crippen molar-refractivity contribution < 1.29 is 4.79 Å². The molecule has 3 nitrogen and oxygen atoms in total. The van der Waals surface area contributed by atoms with E-state index in [0.717, 1.165) is 52.9 Å². The molecule has 3 heteroatoms. The van der Waals surface area contributed by atoms with E-state index < -0.39 is 0 Å². The van der Waals surface area contributed by atoms with Gasteiger partial charge in [-0.2, -0.15) is 0 Å². The van der Waals surface area contributed by atoms with Gasteiger partial charge < -0.3 is 9.80 Å². The molecule has 0 radical (unpaired) electrons. The fraction of sp³-hybridized carbons (Fsp3) is 0.250. The molecular formula is C28H32N2O. The second kappa shape index (κ2) is 10.6. The summed E-state index contributed by atoms with van der Waals surface area (Å²) < 4.78 is 0. The van der Waals surface area contributed by atoms with Crippen molar-refractivity contribution in [3.63, 3.8) is 0 Å². The van der Waals surface area contributed by atoms with Crippen LogP contribution in [-0.2, 0) is 4.79 Å². The van der Waals surface area contributed by atoms with Crippen LogP contribution in [0.15, 0.2) is 95.4 Å². The molecule has 0 bridgehead atoms. The number of carbonyl (C=O) groups is 1. The Balaban J connectivity index is 1.99. The highest BCUT2D eigenvalue weighted by Gasteiger charge is 2.26. The maximum Gasteiger partial charge on any atom is 0.189 e. The smallest absolute Gasteiger partial charge is 0.189 e. The maximum absolute atomic E-state index is 13.6. The van der Waals surface area contributed by atoms with Crippen molar-refractivity contribution in [1.82, 2.24) is 9.80 Å². The zero-order valence-electron chi connectivity index (χ0n) is 19.0. The average molecular weight is 413 g/mol. The van der Waals surface area contributed by atoms with E-state index in [-0.39, 0.29) is 5.78 Å². The molecule has 3 rings (SSSR count). The summed E-state index contributed by atoms with van der Waals surface area (Å²) in [6.45, 7) is 0. The molecule has 2 aromatic rings. The lowest BCUT2D eigenvalue weighted by Crippen LogP contribution is -2.24. The summed E-state index contributed by atoms with van der Waals surface area (Å²) in [5.41, 5.74) is 6.01. The van der Waals surface area contributed by atoms with E-state index in [0.29, 0.717) is 0 Å². The fourth-order valence-corrected chi connectivity index (χ4v) is 3.86. The zero-order valence-corrected chi connectivity index (χ0v) is 19.0. The van der Waals surface area contributed by atoms with Crippen molar-refractivity contribution in [3.05, 3.63) is 106 Å². The van der Waals surface area contributed by atoms with Crippen molar-refractivity contribution in [1.29, 1.82) is 0 Å². The summed E-state index contributed by atoms with van der Waals surface area (Å²) in [7, 11) is 8.02. The van der Waals surface area contributed by atoms with E-state index in [1.807, 2.05) is 74.4 Å². The van der Waals surface area contributed by atoms with E-state index in [1.165, 1.54) is 0 Å². The summed E-state index contributed by atoms with van der Waals surface area (Å²) in [6, 6.07) is 20.4. The Morgan fingerprint density at radius 3 is 1.42 bits per heavy atom. The normalized spacial score (nSPS) is 17.9. The lowest BCUT2D eigenvalue weighted by Gasteiger charge is -2.26. The molecule has 31 heavy (non-hydrogen) atoms. The molecule has 1 saturated carbocycles. The quantitative estimate of drug-likeness (QED) is 0.561. The summed E-state index contributed by atoms with van der Waals surface area (Å²) >= 11 is 0. The number of hydrogen-bond acceptors (Lipinski definition) is 3. The SMILES string of the molecule is CN(C)C(C=Cc1ccccc1)=C1CCCC(=C(C=Cc2ccccc2)N(C)C)C1=O. The van der Waals surface area contributed by atoms with Crippen LogP contribution < -0.4 is 0 Å². The molecule has 1 aliphatic rings. The molecule has 1 aliphatic carbocycles. The largest absolute Gasteiger partial charge is 0.377 e. The molecule has 0 atom stereocenters. The Morgan fingerprint density at radius 2 is 1.06 bits per heavy atom. The first-order chi connectivity index (χ1) is 15.0. The first-order valence-electron chi connectivity index (χ1n) is 10.8. The number of hydrogen-bond donors (Lipinski definition) is 0. The van der Waals surface area contributed by atoms with Gasteiger partial charge in [-0.1, -0.05) is 72.8 Å². The zero-order chi connectivity index (χ0) is 22.2. The Kier molecular flexibility index (Phi) is 7.66. The molecule has 0 aliphatic heterocycles. The van der Waals surface area contributed by atoms with Gasteiger partial charge in [0.15, 0.2) is 5.78 Å². The molecule has 0 saturated heterocycles. The van der Waals surface area contributed by atoms with Gasteiger partial charge in [0.1, 0.15) is 0 Å². The highest BCUT2D eigenvalue weighted by molar-refractivity contribution is 6.10. The summed E-state index contributed by atoms with van der Waals surface area (Å²) in [5, 5.41) is 0. The van der Waals surface area contributed by atoms with Gasteiger partial charge in [-0.3, -0.25) is 4.79 Å². The second-order valence-corrected chi connectivity index (χ2v) is 8.19. The lowest BCUT2D eigenvalue weighted by molar-refractivity contribution is -0.113. The number of Topliss-reactive ketones (excluding diaryl/α,β-unsaturated/α-hetero) is 1. The van der Waals surface area contributed by atoms with Crippen LogP contribution in [-0.4, -0.2) is 43.8 Å². The first kappa shape index (κ1) is 22.4. The Bertz CT molecular complexity index is 928. The highest BCUT2D eigenvalue weighted by atomic mass is 16.1. The third-order valence-corrected chi connectivity index (χ3v) is 5.45. The van der Waals surface area contributed by atoms with E-state index in [1.54, 1.807) is 0 Å². The Labute approximate surface area is 186 Å². The summed E-state index contributed by atoms with van der Waals surface area (Å²) in [6.07, 6.45) is 10.9. The fourth-order valence-electron chi connectivity index (χ4n) is 3.86. The van der Waals surface area contributed by atoms with Crippen LogP contribution in [0.1, 0.15) is 30.4 Å². The number of benzene rings is 2. The van der Waals surface area contributed by atoms with Gasteiger partial charge in [0, 0.05) is 50.7 Å². The highest BCUT2D eigenvalue weighted by Crippen LogP contribution is 2.31. The number of likely N-dealkylation sites (N-methyl/N-ethyl adjacent to an activating group) is 2. The lowest BCUT2D eigenvalue weighted by atomic mass is 9.85. The number of ketones is 1. The minimum Gasteiger partial charge on any atom is -0.377 e. The topological polar surface area (TPSA) is 23.6 Å². The predicted molar refractivity (Wildman–Crippen MR) is 131 cm³/mol. The van der Waals surface area contributed by atoms with Crippen LogP contribution in [0, 0.1) is 0 Å². The molecule has 2 aromatic carbocycles. The van der Waals surface area contributed by atoms with Crippen molar-refractivity contribution >= 4 is 17.9 Å². The monoisotopic (exact) mass is 412 g/mol. The van der Waals surface area contributed by atoms with Gasteiger partial charge in [0.25, 0.3) is 0 Å². The van der Waals surface area contributed by atoms with Crippen LogP contribution in [0.3, 0.4) is 0 Å². The van der Waals surface area contributed by atoms with Gasteiger partial charge in [0.05, 0.1) is 0 Å². The van der Waals surface area contributed by atoms with Crippen molar-refractivity contribution in [2.75, 3.05) is 28.2 Å². The van der Waals surface area contributed by atoms with Crippen molar-refractivity contribution in [2.45, 2.75) is 19.3 Å². The second-order valence-electron chi connectivity index (χ2n) is 8.19. The number of nitrogens with zero attached hydrogens (tertiary/aromatic N) is 2. The van der Waals surface area contributed by atoms with E-state index in [4.69, 9.17) is 0 Å². The van der Waals surface area contributed by atoms with Crippen molar-refractivity contribution in [3.8, 4) is 0 Å². The Hall–Kier alpha value is -3.33. The van der Waals surface area contributed by atoms with Gasteiger partial charge in [-0.25, -0.2) is 0 Å². The molecule has 0 aromatic heterocycles. The summed E-state index contributed by atoms with van der Waals surface area (Å²) in [5.74, 6) is 0.161. The van der Waals surface area contributed by atoms with Crippen LogP contribution in [0.25, 0.3) is 12.2 Å². The number of allylic oxidation sites excluding steroid dienone is 4. The number of carbonyl (C=O) groups excluding carboxylic acids is 1. The molecule has 0 spiro atoms. The first-order valence-corrected chi connectivity index (χ1v) is 10.8. The third kappa shape index (κ3) is 5.85. The molecule has 0 unspecified atom stereocenters. The molecule has 0 heterocycles. The Morgan fingerprint density at radius 1 is 0.677 bits per heavy atom. The van der Waals surface area contributed by atoms with E-state index in [9.17, 15) is 4.79 Å². The van der Waals surface area contributed by atoms with Gasteiger partial charge in [-0.15, -0.1) is 0 Å². The van der Waals surface area contributed by atoms with Crippen LogP contribution in [0.2, 0.25) is 0 Å². The number of rotatable bonds is 6. The minimum absolute atomic E-state index is 0.161. The third-order valence-electron chi connectivity index (χ3n) is 5.45. The molecular weight excluding hydrogens is 380 g/mol.